The van der Waals surface area contributed by atoms with E-state index in [4.69, 9.17) is 4.74 Å². The second kappa shape index (κ2) is 7.28. The number of aryl methyl sites for hydroxylation is 1. The smallest absolute Gasteiger partial charge is 0.119 e. The van der Waals surface area contributed by atoms with E-state index in [0.29, 0.717) is 0 Å². The Labute approximate surface area is 127 Å². The van der Waals surface area contributed by atoms with Crippen LogP contribution >= 0.6 is 0 Å². The van der Waals surface area contributed by atoms with Crippen molar-refractivity contribution in [3.8, 4) is 5.75 Å². The Morgan fingerprint density at radius 3 is 1.90 bits per heavy atom. The monoisotopic (exact) mass is 284 g/mol. The molecule has 0 spiro atoms. The van der Waals surface area contributed by atoms with Gasteiger partial charge in [0.2, 0.25) is 0 Å². The molecule has 2 nitrogen and oxygen atoms in total. The van der Waals surface area contributed by atoms with Crippen molar-refractivity contribution in [2.24, 2.45) is 0 Å². The molecule has 2 aromatic carbocycles. The van der Waals surface area contributed by atoms with E-state index in [-0.39, 0.29) is 6.10 Å². The van der Waals surface area contributed by atoms with E-state index >= 15 is 0 Å². The van der Waals surface area contributed by atoms with Crippen molar-refractivity contribution < 1.29 is 9.84 Å². The van der Waals surface area contributed by atoms with Crippen molar-refractivity contribution in [2.45, 2.75) is 45.8 Å². The minimum Gasteiger partial charge on any atom is -0.491 e. The van der Waals surface area contributed by atoms with Gasteiger partial charge in [-0.3, -0.25) is 0 Å². The lowest BCUT2D eigenvalue weighted by molar-refractivity contribution is 0.219. The number of ether oxygens (including phenoxy) is 1. The second-order valence-electron chi connectivity index (χ2n) is 5.63. The molecule has 21 heavy (non-hydrogen) atoms. The van der Waals surface area contributed by atoms with Crippen LogP contribution in [0.5, 0.6) is 5.75 Å². The highest BCUT2D eigenvalue weighted by Crippen LogP contribution is 2.24. The molecule has 1 N–H and O–H groups in total. The molecule has 0 saturated carbocycles. The molecule has 0 saturated heterocycles. The van der Waals surface area contributed by atoms with Crippen LogP contribution in [0.2, 0.25) is 0 Å². The van der Waals surface area contributed by atoms with Gasteiger partial charge in [-0.05, 0) is 49.1 Å². The Kier molecular flexibility index (Phi) is 5.40. The SMILES string of the molecule is CCCc1ccc(C(O)c2ccc(OC(C)C)cc2)cc1. The van der Waals surface area contributed by atoms with Crippen LogP contribution in [-0.4, -0.2) is 11.2 Å². The first-order chi connectivity index (χ1) is 10.1. The van der Waals surface area contributed by atoms with Crippen LogP contribution in [0, 0.1) is 0 Å². The fourth-order valence-corrected chi connectivity index (χ4v) is 2.35. The molecule has 0 fully saturated rings. The highest BCUT2D eigenvalue weighted by molar-refractivity contribution is 5.35. The Balaban J connectivity index is 2.09. The first kappa shape index (κ1) is 15.6. The molecule has 2 heteroatoms. The zero-order chi connectivity index (χ0) is 15.2. The topological polar surface area (TPSA) is 29.5 Å². The molecule has 0 aromatic heterocycles. The maximum atomic E-state index is 10.4. The molecular formula is C19H24O2. The fraction of sp³-hybridized carbons (Fsp3) is 0.368. The molecule has 0 radical (unpaired) electrons. The zero-order valence-electron chi connectivity index (χ0n) is 13.0. The summed E-state index contributed by atoms with van der Waals surface area (Å²) in [5, 5.41) is 10.4. The van der Waals surface area contributed by atoms with Crippen LogP contribution in [0.3, 0.4) is 0 Å². The van der Waals surface area contributed by atoms with E-state index in [0.717, 1.165) is 29.7 Å². The summed E-state index contributed by atoms with van der Waals surface area (Å²) in [5.41, 5.74) is 3.12. The van der Waals surface area contributed by atoms with Crippen LogP contribution in [0.15, 0.2) is 48.5 Å². The molecule has 0 heterocycles. The number of aliphatic hydroxyl groups excluding tert-OH is 1. The molecule has 112 valence electrons. The average molecular weight is 284 g/mol. The quantitative estimate of drug-likeness (QED) is 0.845. The van der Waals surface area contributed by atoms with E-state index in [2.05, 4.69) is 19.1 Å². The second-order valence-corrected chi connectivity index (χ2v) is 5.63. The lowest BCUT2D eigenvalue weighted by Gasteiger charge is -2.14. The maximum Gasteiger partial charge on any atom is 0.119 e. The lowest BCUT2D eigenvalue weighted by atomic mass is 9.99. The summed E-state index contributed by atoms with van der Waals surface area (Å²) in [6, 6.07) is 15.9. The van der Waals surface area contributed by atoms with Crippen molar-refractivity contribution in [3.05, 3.63) is 65.2 Å². The number of rotatable bonds is 6. The van der Waals surface area contributed by atoms with Gasteiger partial charge < -0.3 is 9.84 Å². The first-order valence-corrected chi connectivity index (χ1v) is 7.63. The molecule has 2 rings (SSSR count). The molecule has 0 bridgehead atoms. The molecule has 0 aliphatic rings. The molecular weight excluding hydrogens is 260 g/mol. The van der Waals surface area contributed by atoms with E-state index in [1.807, 2.05) is 50.2 Å². The summed E-state index contributed by atoms with van der Waals surface area (Å²) in [6.45, 7) is 6.17. The molecule has 2 aromatic rings. The molecule has 0 amide bonds. The predicted molar refractivity (Wildman–Crippen MR) is 86.7 cm³/mol. The van der Waals surface area contributed by atoms with Crippen LogP contribution in [0.1, 0.15) is 50.0 Å². The fourth-order valence-electron chi connectivity index (χ4n) is 2.35. The number of hydrogen-bond acceptors (Lipinski definition) is 2. The summed E-state index contributed by atoms with van der Waals surface area (Å²) in [7, 11) is 0. The van der Waals surface area contributed by atoms with Crippen molar-refractivity contribution >= 4 is 0 Å². The standard InChI is InChI=1S/C19H24O2/c1-4-5-15-6-8-16(9-7-15)19(20)17-10-12-18(13-11-17)21-14(2)3/h6-14,19-20H,4-5H2,1-3H3. The minimum atomic E-state index is -0.589. The summed E-state index contributed by atoms with van der Waals surface area (Å²) >= 11 is 0. The summed E-state index contributed by atoms with van der Waals surface area (Å²) < 4.78 is 5.62. The van der Waals surface area contributed by atoms with Gasteiger partial charge in [-0.2, -0.15) is 0 Å². The minimum absolute atomic E-state index is 0.159. The van der Waals surface area contributed by atoms with Gasteiger partial charge in [0.25, 0.3) is 0 Å². The highest BCUT2D eigenvalue weighted by atomic mass is 16.5. The Morgan fingerprint density at radius 1 is 0.905 bits per heavy atom. The van der Waals surface area contributed by atoms with Crippen molar-refractivity contribution in [2.75, 3.05) is 0 Å². The van der Waals surface area contributed by atoms with E-state index in [1.54, 1.807) is 0 Å². The van der Waals surface area contributed by atoms with Crippen LogP contribution in [0.4, 0.5) is 0 Å². The maximum absolute atomic E-state index is 10.4. The third-order valence-electron chi connectivity index (χ3n) is 3.40. The van der Waals surface area contributed by atoms with Gasteiger partial charge in [-0.1, -0.05) is 49.7 Å². The number of benzene rings is 2. The van der Waals surface area contributed by atoms with Gasteiger partial charge in [0, 0.05) is 0 Å². The Morgan fingerprint density at radius 2 is 1.43 bits per heavy atom. The number of hydrogen-bond donors (Lipinski definition) is 1. The van der Waals surface area contributed by atoms with Crippen molar-refractivity contribution in [3.63, 3.8) is 0 Å². The Bertz CT molecular complexity index is 541. The van der Waals surface area contributed by atoms with E-state index < -0.39 is 6.10 Å². The lowest BCUT2D eigenvalue weighted by Crippen LogP contribution is -2.06. The van der Waals surface area contributed by atoms with Gasteiger partial charge in [0.1, 0.15) is 11.9 Å². The first-order valence-electron chi connectivity index (χ1n) is 7.63. The van der Waals surface area contributed by atoms with E-state index in [9.17, 15) is 5.11 Å². The molecule has 0 aliphatic carbocycles. The summed E-state index contributed by atoms with van der Waals surface area (Å²) in [5.74, 6) is 0.833. The normalized spacial score (nSPS) is 12.4. The summed E-state index contributed by atoms with van der Waals surface area (Å²) in [4.78, 5) is 0. The largest absolute Gasteiger partial charge is 0.491 e. The zero-order valence-corrected chi connectivity index (χ0v) is 13.0. The van der Waals surface area contributed by atoms with Gasteiger partial charge in [-0.25, -0.2) is 0 Å². The van der Waals surface area contributed by atoms with E-state index in [1.165, 1.54) is 5.56 Å². The third kappa shape index (κ3) is 4.33. The van der Waals surface area contributed by atoms with Crippen molar-refractivity contribution in [1.29, 1.82) is 0 Å². The van der Waals surface area contributed by atoms with Crippen LogP contribution in [0.25, 0.3) is 0 Å². The van der Waals surface area contributed by atoms with Gasteiger partial charge in [0.15, 0.2) is 0 Å². The predicted octanol–water partition coefficient (Wildman–Crippen LogP) is 4.51. The molecule has 0 aliphatic heterocycles. The van der Waals surface area contributed by atoms with Gasteiger partial charge >= 0.3 is 0 Å². The van der Waals surface area contributed by atoms with Crippen LogP contribution in [-0.2, 0) is 6.42 Å². The summed E-state index contributed by atoms with van der Waals surface area (Å²) in [6.07, 6.45) is 1.79. The molecule has 1 unspecified atom stereocenters. The molecule has 1 atom stereocenters. The Hall–Kier alpha value is -1.80. The van der Waals surface area contributed by atoms with Crippen molar-refractivity contribution in [1.82, 2.24) is 0 Å². The number of aliphatic hydroxyl groups is 1. The van der Waals surface area contributed by atoms with Gasteiger partial charge in [-0.15, -0.1) is 0 Å². The highest BCUT2D eigenvalue weighted by Gasteiger charge is 2.10. The van der Waals surface area contributed by atoms with Gasteiger partial charge in [0.05, 0.1) is 6.10 Å². The third-order valence-corrected chi connectivity index (χ3v) is 3.40. The average Bonchev–Trinajstić information content (AvgIpc) is 2.48. The van der Waals surface area contributed by atoms with Crippen LogP contribution < -0.4 is 4.74 Å².